The van der Waals surface area contributed by atoms with E-state index in [1.165, 1.54) is 5.56 Å². The molecular formula is C21H22N4O3S2. The average molecular weight is 443 g/mol. The number of thioether (sulfide) groups is 1. The summed E-state index contributed by atoms with van der Waals surface area (Å²) in [5.74, 6) is 1.73. The number of benzene rings is 1. The van der Waals surface area contributed by atoms with Crippen molar-refractivity contribution in [3.63, 3.8) is 0 Å². The molecule has 0 aliphatic carbocycles. The number of hydrogen-bond acceptors (Lipinski definition) is 7. The largest absolute Gasteiger partial charge is 0.421 e. The van der Waals surface area contributed by atoms with E-state index in [4.69, 9.17) is 4.42 Å². The zero-order valence-corrected chi connectivity index (χ0v) is 18.4. The first-order valence-electron chi connectivity index (χ1n) is 9.61. The third-order valence-electron chi connectivity index (χ3n) is 5.07. The van der Waals surface area contributed by atoms with E-state index in [1.807, 2.05) is 48.9 Å². The van der Waals surface area contributed by atoms with E-state index in [0.717, 1.165) is 16.8 Å². The number of rotatable bonds is 6. The van der Waals surface area contributed by atoms with Crippen molar-refractivity contribution in [2.45, 2.75) is 32.7 Å². The van der Waals surface area contributed by atoms with Crippen molar-refractivity contribution in [2.75, 3.05) is 16.9 Å². The Morgan fingerprint density at radius 2 is 2.10 bits per heavy atom. The molecule has 2 aromatic heterocycles. The van der Waals surface area contributed by atoms with Gasteiger partial charge in [0.2, 0.25) is 23.6 Å². The number of nitrogens with one attached hydrogen (secondary N) is 1. The van der Waals surface area contributed by atoms with Crippen LogP contribution in [0.3, 0.4) is 0 Å². The van der Waals surface area contributed by atoms with Gasteiger partial charge >= 0.3 is 0 Å². The highest BCUT2D eigenvalue weighted by molar-refractivity contribution is 7.99. The maximum Gasteiger partial charge on any atom is 0.248 e. The van der Waals surface area contributed by atoms with Crippen LogP contribution in [0.4, 0.5) is 5.69 Å². The van der Waals surface area contributed by atoms with Gasteiger partial charge < -0.3 is 14.6 Å². The fourth-order valence-electron chi connectivity index (χ4n) is 3.17. The summed E-state index contributed by atoms with van der Waals surface area (Å²) in [6.07, 6.45) is 0.571. The summed E-state index contributed by atoms with van der Waals surface area (Å²) < 4.78 is 5.64. The third-order valence-corrected chi connectivity index (χ3v) is 6.76. The number of nitrogens with zero attached hydrogens (tertiary/aromatic N) is 3. The number of carbonyl (C=O) groups excluding carboxylic acids is 2. The molecule has 1 saturated heterocycles. The van der Waals surface area contributed by atoms with Crippen LogP contribution < -0.4 is 5.32 Å². The van der Waals surface area contributed by atoms with Crippen LogP contribution in [0.25, 0.3) is 11.5 Å². The van der Waals surface area contributed by atoms with Crippen molar-refractivity contribution in [3.8, 4) is 11.5 Å². The molecular weight excluding hydrogens is 420 g/mol. The second-order valence-corrected chi connectivity index (χ2v) is 8.96. The summed E-state index contributed by atoms with van der Waals surface area (Å²) in [5, 5.41) is 14.9. The van der Waals surface area contributed by atoms with Crippen LogP contribution in [-0.4, -0.2) is 44.6 Å². The minimum atomic E-state index is -0.479. The first-order chi connectivity index (χ1) is 14.5. The fourth-order valence-corrected chi connectivity index (χ4v) is 4.98. The van der Waals surface area contributed by atoms with Gasteiger partial charge in [0.1, 0.15) is 6.04 Å². The van der Waals surface area contributed by atoms with Crippen LogP contribution in [0.1, 0.15) is 23.4 Å². The van der Waals surface area contributed by atoms with Crippen molar-refractivity contribution in [1.29, 1.82) is 0 Å². The third kappa shape index (κ3) is 4.57. The van der Waals surface area contributed by atoms with Crippen molar-refractivity contribution < 1.29 is 14.0 Å². The predicted molar refractivity (Wildman–Crippen MR) is 118 cm³/mol. The monoisotopic (exact) mass is 442 g/mol. The summed E-state index contributed by atoms with van der Waals surface area (Å²) >= 11 is 3.14. The van der Waals surface area contributed by atoms with E-state index in [0.29, 0.717) is 29.8 Å². The van der Waals surface area contributed by atoms with Gasteiger partial charge in [-0.15, -0.1) is 22.0 Å². The van der Waals surface area contributed by atoms with E-state index < -0.39 is 6.04 Å². The molecule has 9 heteroatoms. The van der Waals surface area contributed by atoms with Crippen molar-refractivity contribution in [2.24, 2.45) is 0 Å². The smallest absolute Gasteiger partial charge is 0.248 e. The lowest BCUT2D eigenvalue weighted by Crippen LogP contribution is -2.44. The Balaban J connectivity index is 1.35. The molecule has 1 fully saturated rings. The molecule has 1 atom stereocenters. The SMILES string of the molecule is Cc1ccc(NC(=O)C2CSCN2C(=O)CCc2nnc(-c3ccsc3)o2)cc1C. The molecule has 156 valence electrons. The molecule has 3 heterocycles. The van der Waals surface area contributed by atoms with Gasteiger partial charge in [-0.2, -0.15) is 11.3 Å². The van der Waals surface area contributed by atoms with Gasteiger partial charge in [0, 0.05) is 35.2 Å². The Hall–Kier alpha value is -2.65. The van der Waals surface area contributed by atoms with Crippen LogP contribution in [0.2, 0.25) is 0 Å². The van der Waals surface area contributed by atoms with E-state index in [2.05, 4.69) is 15.5 Å². The number of anilines is 1. The second-order valence-electron chi connectivity index (χ2n) is 7.18. The van der Waals surface area contributed by atoms with Crippen LogP contribution >= 0.6 is 23.1 Å². The van der Waals surface area contributed by atoms with Gasteiger partial charge in [0.25, 0.3) is 0 Å². The number of carbonyl (C=O) groups is 2. The fraction of sp³-hybridized carbons (Fsp3) is 0.333. The highest BCUT2D eigenvalue weighted by Crippen LogP contribution is 2.25. The van der Waals surface area contributed by atoms with Crippen molar-refractivity contribution in [1.82, 2.24) is 15.1 Å². The number of thiophene rings is 1. The Labute approximate surface area is 182 Å². The van der Waals surface area contributed by atoms with Crippen LogP contribution in [0.5, 0.6) is 0 Å². The lowest BCUT2D eigenvalue weighted by atomic mass is 10.1. The Kier molecular flexibility index (Phi) is 6.19. The number of amides is 2. The summed E-state index contributed by atoms with van der Waals surface area (Å²) in [6, 6.07) is 7.24. The average Bonchev–Trinajstić information content (AvgIpc) is 3.49. The standard InChI is InChI=1S/C21H22N4O3S2/c1-13-3-4-16(9-14(13)2)22-20(27)17-11-30-12-25(17)19(26)6-5-18-23-24-21(28-18)15-7-8-29-10-15/h3-4,7-10,17H,5-6,11-12H2,1-2H3,(H,22,27). The zero-order valence-electron chi connectivity index (χ0n) is 16.8. The lowest BCUT2D eigenvalue weighted by molar-refractivity contribution is -0.136. The van der Waals surface area contributed by atoms with E-state index in [-0.39, 0.29) is 18.2 Å². The number of aryl methyl sites for hydroxylation is 3. The van der Waals surface area contributed by atoms with E-state index >= 15 is 0 Å². The van der Waals surface area contributed by atoms with Gasteiger partial charge in [-0.1, -0.05) is 6.07 Å². The van der Waals surface area contributed by atoms with Gasteiger partial charge in [-0.25, -0.2) is 0 Å². The molecule has 1 aromatic carbocycles. The minimum Gasteiger partial charge on any atom is -0.421 e. The maximum atomic E-state index is 12.8. The summed E-state index contributed by atoms with van der Waals surface area (Å²) in [7, 11) is 0. The molecule has 0 saturated carbocycles. The van der Waals surface area contributed by atoms with Crippen molar-refractivity contribution >= 4 is 40.6 Å². The molecule has 7 nitrogen and oxygen atoms in total. The first-order valence-corrected chi connectivity index (χ1v) is 11.7. The summed E-state index contributed by atoms with van der Waals surface area (Å²) in [4.78, 5) is 27.2. The lowest BCUT2D eigenvalue weighted by Gasteiger charge is -2.23. The molecule has 1 unspecified atom stereocenters. The van der Waals surface area contributed by atoms with E-state index in [1.54, 1.807) is 28.0 Å². The molecule has 3 aromatic rings. The van der Waals surface area contributed by atoms with Gasteiger partial charge in [0.05, 0.1) is 5.88 Å². The quantitative estimate of drug-likeness (QED) is 0.623. The normalized spacial score (nSPS) is 16.1. The Morgan fingerprint density at radius 3 is 2.87 bits per heavy atom. The molecule has 1 aliphatic rings. The number of hydrogen-bond donors (Lipinski definition) is 1. The number of aromatic nitrogens is 2. The highest BCUT2D eigenvalue weighted by Gasteiger charge is 2.34. The Morgan fingerprint density at radius 1 is 1.23 bits per heavy atom. The second kappa shape index (κ2) is 9.01. The molecule has 4 rings (SSSR count). The van der Waals surface area contributed by atoms with Crippen LogP contribution in [0.15, 0.2) is 39.4 Å². The van der Waals surface area contributed by atoms with Crippen LogP contribution in [-0.2, 0) is 16.0 Å². The van der Waals surface area contributed by atoms with Gasteiger partial charge in [0.15, 0.2) is 0 Å². The molecule has 1 N–H and O–H groups in total. The highest BCUT2D eigenvalue weighted by atomic mass is 32.2. The predicted octanol–water partition coefficient (Wildman–Crippen LogP) is 3.89. The molecule has 0 radical (unpaired) electrons. The molecule has 0 bridgehead atoms. The molecule has 30 heavy (non-hydrogen) atoms. The summed E-state index contributed by atoms with van der Waals surface area (Å²) in [5.41, 5.74) is 3.91. The van der Waals surface area contributed by atoms with Crippen LogP contribution in [0, 0.1) is 13.8 Å². The van der Waals surface area contributed by atoms with Gasteiger partial charge in [-0.05, 0) is 48.6 Å². The molecule has 0 spiro atoms. The first kappa shape index (κ1) is 20.6. The maximum absolute atomic E-state index is 12.8. The molecule has 1 aliphatic heterocycles. The topological polar surface area (TPSA) is 88.3 Å². The minimum absolute atomic E-state index is 0.0875. The summed E-state index contributed by atoms with van der Waals surface area (Å²) in [6.45, 7) is 4.04. The Bertz CT molecular complexity index is 1050. The van der Waals surface area contributed by atoms with Crippen molar-refractivity contribution in [3.05, 3.63) is 52.0 Å². The van der Waals surface area contributed by atoms with E-state index in [9.17, 15) is 9.59 Å². The van der Waals surface area contributed by atoms with Gasteiger partial charge in [-0.3, -0.25) is 9.59 Å². The zero-order chi connectivity index (χ0) is 21.1. The molecule has 2 amide bonds.